The SMILES string of the molecule is Cc1cnc(Oc2ccc(N)c(F)c2)c(Br)c1. The van der Waals surface area contributed by atoms with Crippen molar-refractivity contribution in [3.05, 3.63) is 46.3 Å². The largest absolute Gasteiger partial charge is 0.438 e. The van der Waals surface area contributed by atoms with Crippen molar-refractivity contribution in [2.45, 2.75) is 6.92 Å². The number of nitrogens with two attached hydrogens (primary N) is 1. The average Bonchev–Trinajstić information content (AvgIpc) is 2.27. The van der Waals surface area contributed by atoms with Crippen molar-refractivity contribution in [1.82, 2.24) is 4.98 Å². The summed E-state index contributed by atoms with van der Waals surface area (Å²) in [6, 6.07) is 6.14. The van der Waals surface area contributed by atoms with E-state index in [-0.39, 0.29) is 5.69 Å². The van der Waals surface area contributed by atoms with E-state index < -0.39 is 5.82 Å². The van der Waals surface area contributed by atoms with Gasteiger partial charge in [0.2, 0.25) is 5.88 Å². The molecule has 0 radical (unpaired) electrons. The molecule has 0 fully saturated rings. The predicted octanol–water partition coefficient (Wildman–Crippen LogP) is 3.67. The van der Waals surface area contributed by atoms with Crippen molar-refractivity contribution < 1.29 is 9.13 Å². The van der Waals surface area contributed by atoms with Crippen molar-refractivity contribution in [3.8, 4) is 11.6 Å². The van der Waals surface area contributed by atoms with Gasteiger partial charge in [0.1, 0.15) is 11.6 Å². The number of pyridine rings is 1. The first-order chi connectivity index (χ1) is 8.06. The summed E-state index contributed by atoms with van der Waals surface area (Å²) in [5, 5.41) is 0. The van der Waals surface area contributed by atoms with Crippen LogP contribution in [0.25, 0.3) is 0 Å². The van der Waals surface area contributed by atoms with Crippen LogP contribution in [0.2, 0.25) is 0 Å². The van der Waals surface area contributed by atoms with Gasteiger partial charge in [-0.15, -0.1) is 0 Å². The second-order valence-electron chi connectivity index (χ2n) is 3.59. The maximum absolute atomic E-state index is 13.2. The number of ether oxygens (including phenoxy) is 1. The molecule has 2 aromatic rings. The molecule has 88 valence electrons. The van der Waals surface area contributed by atoms with Gasteiger partial charge in [0.15, 0.2) is 0 Å². The third kappa shape index (κ3) is 2.74. The Kier molecular flexibility index (Phi) is 3.28. The van der Waals surface area contributed by atoms with Crippen LogP contribution in [-0.2, 0) is 0 Å². The molecule has 3 nitrogen and oxygen atoms in total. The minimum Gasteiger partial charge on any atom is -0.438 e. The van der Waals surface area contributed by atoms with Gasteiger partial charge in [-0.25, -0.2) is 9.37 Å². The molecule has 2 N–H and O–H groups in total. The molecule has 0 aliphatic rings. The molecule has 0 spiro atoms. The molecule has 0 amide bonds. The van der Waals surface area contributed by atoms with E-state index in [2.05, 4.69) is 20.9 Å². The normalized spacial score (nSPS) is 10.3. The van der Waals surface area contributed by atoms with E-state index in [1.54, 1.807) is 12.3 Å². The molecule has 17 heavy (non-hydrogen) atoms. The molecular formula is C12H10BrFN2O. The van der Waals surface area contributed by atoms with Gasteiger partial charge in [-0.2, -0.15) is 0 Å². The third-order valence-electron chi connectivity index (χ3n) is 2.13. The first-order valence-electron chi connectivity index (χ1n) is 4.91. The fourth-order valence-corrected chi connectivity index (χ4v) is 1.82. The molecule has 0 bridgehead atoms. The van der Waals surface area contributed by atoms with Crippen molar-refractivity contribution >= 4 is 21.6 Å². The van der Waals surface area contributed by atoms with Crippen molar-refractivity contribution in [2.75, 3.05) is 5.73 Å². The molecule has 1 heterocycles. The molecule has 5 heteroatoms. The Bertz CT molecular complexity index is 560. The van der Waals surface area contributed by atoms with Crippen LogP contribution in [0.5, 0.6) is 11.6 Å². The van der Waals surface area contributed by atoms with Crippen LogP contribution in [0.4, 0.5) is 10.1 Å². The van der Waals surface area contributed by atoms with Crippen LogP contribution in [0.1, 0.15) is 5.56 Å². The maximum Gasteiger partial charge on any atom is 0.233 e. The smallest absolute Gasteiger partial charge is 0.233 e. The van der Waals surface area contributed by atoms with Crippen LogP contribution in [0, 0.1) is 12.7 Å². The lowest BCUT2D eigenvalue weighted by molar-refractivity contribution is 0.455. The summed E-state index contributed by atoms with van der Waals surface area (Å²) in [7, 11) is 0. The van der Waals surface area contributed by atoms with Crippen LogP contribution >= 0.6 is 15.9 Å². The molecule has 1 aromatic carbocycles. The van der Waals surface area contributed by atoms with E-state index >= 15 is 0 Å². The van der Waals surface area contributed by atoms with Crippen LogP contribution in [0.3, 0.4) is 0 Å². The lowest BCUT2D eigenvalue weighted by Gasteiger charge is -2.07. The van der Waals surface area contributed by atoms with E-state index in [9.17, 15) is 4.39 Å². The Balaban J connectivity index is 2.28. The highest BCUT2D eigenvalue weighted by atomic mass is 79.9. The molecule has 1 aromatic heterocycles. The molecule has 0 atom stereocenters. The average molecular weight is 297 g/mol. The Morgan fingerprint density at radius 1 is 1.35 bits per heavy atom. The Labute approximate surface area is 107 Å². The summed E-state index contributed by atoms with van der Waals surface area (Å²) >= 11 is 3.33. The van der Waals surface area contributed by atoms with Gasteiger partial charge >= 0.3 is 0 Å². The minimum atomic E-state index is -0.509. The standard InChI is InChI=1S/C12H10BrFN2O/c1-7-4-9(13)12(16-6-7)17-8-2-3-11(15)10(14)5-8/h2-6H,15H2,1H3. The quantitative estimate of drug-likeness (QED) is 0.860. The second kappa shape index (κ2) is 4.71. The lowest BCUT2D eigenvalue weighted by Crippen LogP contribution is -1.93. The van der Waals surface area contributed by atoms with Gasteiger partial charge in [-0.1, -0.05) is 0 Å². The number of anilines is 1. The number of hydrogen-bond acceptors (Lipinski definition) is 3. The number of rotatable bonds is 2. The van der Waals surface area contributed by atoms with Gasteiger partial charge in [0.05, 0.1) is 10.2 Å². The zero-order valence-corrected chi connectivity index (χ0v) is 10.7. The third-order valence-corrected chi connectivity index (χ3v) is 2.70. The molecule has 2 rings (SSSR count). The van der Waals surface area contributed by atoms with Gasteiger partial charge in [0.25, 0.3) is 0 Å². The first-order valence-corrected chi connectivity index (χ1v) is 5.70. The molecule has 0 aliphatic heterocycles. The summed E-state index contributed by atoms with van der Waals surface area (Å²) < 4.78 is 19.4. The van der Waals surface area contributed by atoms with Crippen LogP contribution < -0.4 is 10.5 Å². The van der Waals surface area contributed by atoms with Gasteiger partial charge in [-0.05, 0) is 46.6 Å². The van der Waals surface area contributed by atoms with E-state index in [1.807, 2.05) is 13.0 Å². The zero-order chi connectivity index (χ0) is 12.4. The highest BCUT2D eigenvalue weighted by molar-refractivity contribution is 9.10. The highest BCUT2D eigenvalue weighted by Gasteiger charge is 2.06. The summed E-state index contributed by atoms with van der Waals surface area (Å²) in [6.07, 6.45) is 1.67. The van der Waals surface area contributed by atoms with Crippen molar-refractivity contribution in [3.63, 3.8) is 0 Å². The predicted molar refractivity (Wildman–Crippen MR) is 67.6 cm³/mol. The highest BCUT2D eigenvalue weighted by Crippen LogP contribution is 2.29. The monoisotopic (exact) mass is 296 g/mol. The van der Waals surface area contributed by atoms with E-state index in [1.165, 1.54) is 12.1 Å². The Hall–Kier alpha value is -1.62. The number of halogens is 2. The number of benzene rings is 1. The molecule has 0 unspecified atom stereocenters. The summed E-state index contributed by atoms with van der Waals surface area (Å²) in [5.41, 5.74) is 6.47. The fraction of sp³-hybridized carbons (Fsp3) is 0.0833. The molecule has 0 aliphatic carbocycles. The Morgan fingerprint density at radius 2 is 2.12 bits per heavy atom. The molecule has 0 saturated heterocycles. The van der Waals surface area contributed by atoms with Gasteiger partial charge in [0, 0.05) is 12.3 Å². The second-order valence-corrected chi connectivity index (χ2v) is 4.44. The molecular weight excluding hydrogens is 287 g/mol. The summed E-state index contributed by atoms with van der Waals surface area (Å²) in [4.78, 5) is 4.10. The number of aromatic nitrogens is 1. The summed E-state index contributed by atoms with van der Waals surface area (Å²) in [6.45, 7) is 1.92. The number of aryl methyl sites for hydroxylation is 1. The number of hydrogen-bond donors (Lipinski definition) is 1. The lowest BCUT2D eigenvalue weighted by atomic mass is 10.3. The van der Waals surface area contributed by atoms with E-state index in [0.29, 0.717) is 11.6 Å². The van der Waals surface area contributed by atoms with Gasteiger partial charge < -0.3 is 10.5 Å². The van der Waals surface area contributed by atoms with Crippen molar-refractivity contribution in [2.24, 2.45) is 0 Å². The van der Waals surface area contributed by atoms with Crippen molar-refractivity contribution in [1.29, 1.82) is 0 Å². The topological polar surface area (TPSA) is 48.1 Å². The number of nitrogens with zero attached hydrogens (tertiary/aromatic N) is 1. The fourth-order valence-electron chi connectivity index (χ4n) is 1.28. The first kappa shape index (κ1) is 11.9. The number of nitrogen functional groups attached to an aromatic ring is 1. The maximum atomic E-state index is 13.2. The van der Waals surface area contributed by atoms with Crippen LogP contribution in [-0.4, -0.2) is 4.98 Å². The van der Waals surface area contributed by atoms with E-state index in [4.69, 9.17) is 10.5 Å². The van der Waals surface area contributed by atoms with E-state index in [0.717, 1.165) is 10.0 Å². The van der Waals surface area contributed by atoms with Crippen LogP contribution in [0.15, 0.2) is 34.9 Å². The van der Waals surface area contributed by atoms with Gasteiger partial charge in [-0.3, -0.25) is 0 Å². The Morgan fingerprint density at radius 3 is 2.76 bits per heavy atom. The molecule has 0 saturated carbocycles. The zero-order valence-electron chi connectivity index (χ0n) is 9.08. The minimum absolute atomic E-state index is 0.0910. The summed E-state index contributed by atoms with van der Waals surface area (Å²) in [5.74, 6) is 0.235.